The molecule has 1 aromatic rings. The molecule has 0 aromatic heterocycles. The van der Waals surface area contributed by atoms with Crippen molar-refractivity contribution in [2.45, 2.75) is 37.3 Å². The molecule has 1 fully saturated rings. The number of methoxy groups -OCH3 is 2. The van der Waals surface area contributed by atoms with Gasteiger partial charge in [-0.25, -0.2) is 0 Å². The maximum absolute atomic E-state index is 10.3. The third-order valence-electron chi connectivity index (χ3n) is 5.13. The molecule has 1 aliphatic heterocycles. The minimum atomic E-state index is -0.319. The zero-order valence-electron chi connectivity index (χ0n) is 13.4. The number of aliphatic hydroxyl groups excluding tert-OH is 1. The largest absolute Gasteiger partial charge is 0.493 e. The second-order valence-electron chi connectivity index (χ2n) is 6.21. The molecule has 3 rings (SSSR count). The fraction of sp³-hybridized carbons (Fsp3) is 0.556. The van der Waals surface area contributed by atoms with Crippen molar-refractivity contribution >= 4 is 0 Å². The molecule has 1 unspecified atom stereocenters. The summed E-state index contributed by atoms with van der Waals surface area (Å²) in [5.74, 6) is 1.54. The first-order valence-corrected chi connectivity index (χ1v) is 8.00. The van der Waals surface area contributed by atoms with Crippen LogP contribution in [0.3, 0.4) is 0 Å². The van der Waals surface area contributed by atoms with Crippen LogP contribution in [0.15, 0.2) is 30.4 Å². The Kier molecular flexibility index (Phi) is 4.41. The Morgan fingerprint density at radius 3 is 2.77 bits per heavy atom. The van der Waals surface area contributed by atoms with Gasteiger partial charge < -0.3 is 14.6 Å². The SMILES string of the molecule is COc1ccc(CCN2CCC[C@@]23CC=CC3O)cc1OC. The molecular formula is C18H25NO3. The average molecular weight is 303 g/mol. The van der Waals surface area contributed by atoms with Crippen LogP contribution in [0.25, 0.3) is 0 Å². The molecule has 2 atom stereocenters. The van der Waals surface area contributed by atoms with Crippen molar-refractivity contribution < 1.29 is 14.6 Å². The average Bonchev–Trinajstić information content (AvgIpc) is 3.12. The molecule has 2 aliphatic rings. The summed E-state index contributed by atoms with van der Waals surface area (Å²) in [7, 11) is 3.32. The van der Waals surface area contributed by atoms with Gasteiger partial charge in [-0.05, 0) is 49.9 Å². The maximum Gasteiger partial charge on any atom is 0.160 e. The lowest BCUT2D eigenvalue weighted by Gasteiger charge is -2.38. The summed E-state index contributed by atoms with van der Waals surface area (Å²) in [5.41, 5.74) is 1.19. The fourth-order valence-corrected chi connectivity index (χ4v) is 3.86. The highest BCUT2D eigenvalue weighted by atomic mass is 16.5. The van der Waals surface area contributed by atoms with E-state index >= 15 is 0 Å². The molecule has 0 radical (unpaired) electrons. The van der Waals surface area contributed by atoms with Gasteiger partial charge in [0.1, 0.15) is 0 Å². The minimum absolute atomic E-state index is 0.0451. The molecule has 1 spiro atoms. The number of nitrogens with zero attached hydrogens (tertiary/aromatic N) is 1. The van der Waals surface area contributed by atoms with Crippen molar-refractivity contribution in [3.05, 3.63) is 35.9 Å². The van der Waals surface area contributed by atoms with Gasteiger partial charge in [-0.1, -0.05) is 18.2 Å². The van der Waals surface area contributed by atoms with Crippen LogP contribution in [0.1, 0.15) is 24.8 Å². The molecule has 120 valence electrons. The van der Waals surface area contributed by atoms with Crippen LogP contribution in [0.5, 0.6) is 11.5 Å². The van der Waals surface area contributed by atoms with Crippen molar-refractivity contribution in [1.29, 1.82) is 0 Å². The molecule has 1 heterocycles. The lowest BCUT2D eigenvalue weighted by Crippen LogP contribution is -2.50. The summed E-state index contributed by atoms with van der Waals surface area (Å²) >= 11 is 0. The van der Waals surface area contributed by atoms with Crippen molar-refractivity contribution in [1.82, 2.24) is 4.90 Å². The van der Waals surface area contributed by atoms with Crippen LogP contribution < -0.4 is 9.47 Å². The molecule has 0 amide bonds. The summed E-state index contributed by atoms with van der Waals surface area (Å²) in [5, 5.41) is 10.3. The standard InChI is InChI=1S/C18H25NO3/c1-21-15-7-6-14(13-16(15)22-2)8-12-19-11-4-10-18(19)9-3-5-17(18)20/h3,5-7,13,17,20H,4,8-12H2,1-2H3/t17?,18-/m1/s1. The van der Waals surface area contributed by atoms with E-state index in [1.807, 2.05) is 18.2 Å². The van der Waals surface area contributed by atoms with Gasteiger partial charge in [0.05, 0.1) is 25.9 Å². The van der Waals surface area contributed by atoms with Crippen LogP contribution in [0, 0.1) is 0 Å². The minimum Gasteiger partial charge on any atom is -0.493 e. The Labute approximate surface area is 132 Å². The Morgan fingerprint density at radius 2 is 2.09 bits per heavy atom. The van der Waals surface area contributed by atoms with Crippen LogP contribution >= 0.6 is 0 Å². The van der Waals surface area contributed by atoms with Crippen LogP contribution in [-0.2, 0) is 6.42 Å². The van der Waals surface area contributed by atoms with Crippen molar-refractivity contribution in [2.24, 2.45) is 0 Å². The van der Waals surface area contributed by atoms with Crippen LogP contribution in [-0.4, -0.2) is 49.0 Å². The van der Waals surface area contributed by atoms with Crippen LogP contribution in [0.4, 0.5) is 0 Å². The lowest BCUT2D eigenvalue weighted by atomic mass is 9.90. The number of likely N-dealkylation sites (tertiary alicyclic amines) is 1. The normalized spacial score (nSPS) is 27.7. The number of benzene rings is 1. The molecule has 1 aliphatic carbocycles. The zero-order valence-corrected chi connectivity index (χ0v) is 13.4. The van der Waals surface area contributed by atoms with E-state index in [2.05, 4.69) is 17.0 Å². The maximum atomic E-state index is 10.3. The molecule has 0 saturated carbocycles. The predicted octanol–water partition coefficient (Wildman–Crippen LogP) is 2.40. The van der Waals surface area contributed by atoms with E-state index in [1.165, 1.54) is 12.0 Å². The van der Waals surface area contributed by atoms with Gasteiger partial charge in [-0.2, -0.15) is 0 Å². The first kappa shape index (κ1) is 15.4. The summed E-state index contributed by atoms with van der Waals surface area (Å²) in [6.45, 7) is 2.04. The third kappa shape index (κ3) is 2.61. The highest BCUT2D eigenvalue weighted by molar-refractivity contribution is 5.43. The summed E-state index contributed by atoms with van der Waals surface area (Å²) in [6, 6.07) is 6.10. The number of hydrogen-bond donors (Lipinski definition) is 1. The Balaban J connectivity index is 1.67. The van der Waals surface area contributed by atoms with Crippen molar-refractivity contribution in [3.63, 3.8) is 0 Å². The van der Waals surface area contributed by atoms with Gasteiger partial charge in [0.15, 0.2) is 11.5 Å². The number of ether oxygens (including phenoxy) is 2. The molecule has 22 heavy (non-hydrogen) atoms. The van der Waals surface area contributed by atoms with Gasteiger partial charge in [0.25, 0.3) is 0 Å². The molecule has 4 nitrogen and oxygen atoms in total. The number of rotatable bonds is 5. The van der Waals surface area contributed by atoms with E-state index in [1.54, 1.807) is 14.2 Å². The monoisotopic (exact) mass is 303 g/mol. The quantitative estimate of drug-likeness (QED) is 0.848. The second-order valence-corrected chi connectivity index (χ2v) is 6.21. The fourth-order valence-electron chi connectivity index (χ4n) is 3.86. The Morgan fingerprint density at radius 1 is 1.27 bits per heavy atom. The van der Waals surface area contributed by atoms with E-state index < -0.39 is 0 Å². The Bertz CT molecular complexity index is 557. The molecule has 1 N–H and O–H groups in total. The highest BCUT2D eigenvalue weighted by Gasteiger charge is 2.46. The number of aliphatic hydroxyl groups is 1. The molecule has 1 saturated heterocycles. The second kappa shape index (κ2) is 6.31. The van der Waals surface area contributed by atoms with Gasteiger partial charge >= 0.3 is 0 Å². The number of hydrogen-bond acceptors (Lipinski definition) is 4. The van der Waals surface area contributed by atoms with Crippen molar-refractivity contribution in [2.75, 3.05) is 27.3 Å². The molecular weight excluding hydrogens is 278 g/mol. The van der Waals surface area contributed by atoms with E-state index in [4.69, 9.17) is 9.47 Å². The third-order valence-corrected chi connectivity index (χ3v) is 5.13. The zero-order chi connectivity index (χ0) is 15.6. The predicted molar refractivity (Wildman–Crippen MR) is 86.6 cm³/mol. The van der Waals surface area contributed by atoms with Crippen molar-refractivity contribution in [3.8, 4) is 11.5 Å². The molecule has 0 bridgehead atoms. The summed E-state index contributed by atoms with van der Waals surface area (Å²) in [4.78, 5) is 2.47. The van der Waals surface area contributed by atoms with E-state index in [-0.39, 0.29) is 11.6 Å². The van der Waals surface area contributed by atoms with Crippen LogP contribution in [0.2, 0.25) is 0 Å². The summed E-state index contributed by atoms with van der Waals surface area (Å²) < 4.78 is 10.7. The smallest absolute Gasteiger partial charge is 0.160 e. The first-order chi connectivity index (χ1) is 10.7. The molecule has 1 aromatic carbocycles. The van der Waals surface area contributed by atoms with Gasteiger partial charge in [-0.3, -0.25) is 4.90 Å². The first-order valence-electron chi connectivity index (χ1n) is 8.00. The lowest BCUT2D eigenvalue weighted by molar-refractivity contribution is 0.0321. The van der Waals surface area contributed by atoms with E-state index in [0.29, 0.717) is 0 Å². The highest BCUT2D eigenvalue weighted by Crippen LogP contribution is 2.40. The summed E-state index contributed by atoms with van der Waals surface area (Å²) in [6.07, 6.45) is 7.95. The Hall–Kier alpha value is -1.52. The van der Waals surface area contributed by atoms with E-state index in [9.17, 15) is 5.11 Å². The topological polar surface area (TPSA) is 41.9 Å². The molecule has 4 heteroatoms. The van der Waals surface area contributed by atoms with Gasteiger partial charge in [0, 0.05) is 6.54 Å². The van der Waals surface area contributed by atoms with E-state index in [0.717, 1.165) is 43.9 Å². The van der Waals surface area contributed by atoms with Gasteiger partial charge in [-0.15, -0.1) is 0 Å². The van der Waals surface area contributed by atoms with Gasteiger partial charge in [0.2, 0.25) is 0 Å².